The zero-order valence-electron chi connectivity index (χ0n) is 7.63. The van der Waals surface area contributed by atoms with E-state index in [-0.39, 0.29) is 5.96 Å². The molecule has 14 heavy (non-hydrogen) atoms. The number of hydrogen-bond donors (Lipinski definition) is 2. The van der Waals surface area contributed by atoms with Crippen LogP contribution >= 0.6 is 11.8 Å². The summed E-state index contributed by atoms with van der Waals surface area (Å²) in [6, 6.07) is 10.1. The van der Waals surface area contributed by atoms with Crippen molar-refractivity contribution in [2.24, 2.45) is 21.7 Å². The molecule has 0 spiro atoms. The lowest BCUT2D eigenvalue weighted by Gasteiger charge is -1.94. The Balaban J connectivity index is 2.29. The van der Waals surface area contributed by atoms with Gasteiger partial charge in [0.1, 0.15) is 0 Å². The average molecular weight is 208 g/mol. The summed E-state index contributed by atoms with van der Waals surface area (Å²) in [6.07, 6.45) is 1.66. The Morgan fingerprint density at radius 1 is 1.29 bits per heavy atom. The van der Waals surface area contributed by atoms with Crippen molar-refractivity contribution in [3.05, 3.63) is 30.3 Å². The number of nitrogens with two attached hydrogens (primary N) is 2. The number of thioether (sulfide) groups is 1. The Morgan fingerprint density at radius 3 is 2.64 bits per heavy atom. The summed E-state index contributed by atoms with van der Waals surface area (Å²) in [4.78, 5) is 1.20. The number of rotatable bonds is 4. The number of benzene rings is 1. The Bertz CT molecular complexity index is 317. The Kier molecular flexibility index (Phi) is 4.57. The van der Waals surface area contributed by atoms with Crippen molar-refractivity contribution in [3.8, 4) is 0 Å². The molecule has 0 unspecified atom stereocenters. The van der Waals surface area contributed by atoms with Crippen molar-refractivity contribution >= 4 is 23.9 Å². The van der Waals surface area contributed by atoms with E-state index in [2.05, 4.69) is 10.2 Å². The molecule has 0 heterocycles. The summed E-state index contributed by atoms with van der Waals surface area (Å²) in [6.45, 7) is 0. The van der Waals surface area contributed by atoms with E-state index in [4.69, 9.17) is 11.5 Å². The third-order valence-electron chi connectivity index (χ3n) is 1.32. The van der Waals surface area contributed by atoms with Crippen LogP contribution in [0.25, 0.3) is 0 Å². The molecule has 0 aliphatic heterocycles. The lowest BCUT2D eigenvalue weighted by atomic mass is 10.4. The van der Waals surface area contributed by atoms with Gasteiger partial charge in [-0.15, -0.1) is 16.9 Å². The maximum Gasteiger partial charge on any atom is 0.211 e. The second kappa shape index (κ2) is 6.04. The van der Waals surface area contributed by atoms with E-state index in [0.29, 0.717) is 0 Å². The molecule has 0 amide bonds. The molecule has 0 aliphatic carbocycles. The summed E-state index contributed by atoms with van der Waals surface area (Å²) in [5.74, 6) is 0.729. The van der Waals surface area contributed by atoms with E-state index in [1.54, 1.807) is 18.0 Å². The van der Waals surface area contributed by atoms with Gasteiger partial charge in [-0.2, -0.15) is 5.10 Å². The van der Waals surface area contributed by atoms with Gasteiger partial charge in [0.25, 0.3) is 0 Å². The largest absolute Gasteiger partial charge is 0.369 e. The SMILES string of the molecule is NC(N)=N/N=C\CSc1ccccc1. The first-order valence-electron chi connectivity index (χ1n) is 4.07. The van der Waals surface area contributed by atoms with Crippen molar-refractivity contribution in [2.75, 3.05) is 5.75 Å². The number of guanidine groups is 1. The van der Waals surface area contributed by atoms with Gasteiger partial charge in [-0.1, -0.05) is 18.2 Å². The van der Waals surface area contributed by atoms with Crippen LogP contribution in [0.1, 0.15) is 0 Å². The summed E-state index contributed by atoms with van der Waals surface area (Å²) in [5, 5.41) is 7.16. The molecular formula is C9H12N4S. The van der Waals surface area contributed by atoms with Crippen LogP contribution < -0.4 is 11.5 Å². The quantitative estimate of drug-likeness (QED) is 0.336. The minimum Gasteiger partial charge on any atom is -0.369 e. The van der Waals surface area contributed by atoms with Crippen LogP contribution in [-0.2, 0) is 0 Å². The van der Waals surface area contributed by atoms with Crippen LogP contribution in [0.15, 0.2) is 45.4 Å². The zero-order valence-corrected chi connectivity index (χ0v) is 8.45. The van der Waals surface area contributed by atoms with Gasteiger partial charge in [-0.25, -0.2) is 0 Å². The first kappa shape index (κ1) is 10.6. The molecule has 1 rings (SSSR count). The highest BCUT2D eigenvalue weighted by Gasteiger charge is 1.88. The Labute approximate surface area is 87.1 Å². The van der Waals surface area contributed by atoms with Crippen LogP contribution in [0.4, 0.5) is 0 Å². The van der Waals surface area contributed by atoms with Crippen molar-refractivity contribution in [2.45, 2.75) is 4.90 Å². The summed E-state index contributed by atoms with van der Waals surface area (Å²) in [5.41, 5.74) is 10.2. The van der Waals surface area contributed by atoms with E-state index in [0.717, 1.165) is 5.75 Å². The molecule has 0 aromatic heterocycles. The van der Waals surface area contributed by atoms with Gasteiger partial charge < -0.3 is 11.5 Å². The lowest BCUT2D eigenvalue weighted by molar-refractivity contribution is 1.21. The summed E-state index contributed by atoms with van der Waals surface area (Å²) < 4.78 is 0. The first-order chi connectivity index (χ1) is 6.79. The van der Waals surface area contributed by atoms with Crippen LogP contribution in [-0.4, -0.2) is 17.9 Å². The minimum atomic E-state index is -0.0223. The van der Waals surface area contributed by atoms with Crippen molar-refractivity contribution in [1.82, 2.24) is 0 Å². The van der Waals surface area contributed by atoms with Gasteiger partial charge in [-0.3, -0.25) is 0 Å². The second-order valence-corrected chi connectivity index (χ2v) is 3.54. The summed E-state index contributed by atoms with van der Waals surface area (Å²) >= 11 is 1.67. The molecule has 0 atom stereocenters. The fourth-order valence-corrected chi connectivity index (χ4v) is 1.47. The highest BCUT2D eigenvalue weighted by molar-refractivity contribution is 7.99. The monoisotopic (exact) mass is 208 g/mol. The number of hydrogen-bond acceptors (Lipinski definition) is 3. The molecule has 4 nitrogen and oxygen atoms in total. The first-order valence-corrected chi connectivity index (χ1v) is 5.06. The average Bonchev–Trinajstić information content (AvgIpc) is 2.18. The maximum absolute atomic E-state index is 5.09. The van der Waals surface area contributed by atoms with Gasteiger partial charge in [0.15, 0.2) is 0 Å². The second-order valence-electron chi connectivity index (χ2n) is 2.45. The van der Waals surface area contributed by atoms with E-state index >= 15 is 0 Å². The fourth-order valence-electron chi connectivity index (χ4n) is 0.791. The highest BCUT2D eigenvalue weighted by Crippen LogP contribution is 2.15. The normalized spacial score (nSPS) is 10.3. The molecule has 74 valence electrons. The van der Waals surface area contributed by atoms with E-state index < -0.39 is 0 Å². The van der Waals surface area contributed by atoms with E-state index in [1.807, 2.05) is 30.3 Å². The van der Waals surface area contributed by atoms with Crippen LogP contribution in [0.3, 0.4) is 0 Å². The topological polar surface area (TPSA) is 76.8 Å². The zero-order chi connectivity index (χ0) is 10.2. The lowest BCUT2D eigenvalue weighted by Crippen LogP contribution is -2.21. The Morgan fingerprint density at radius 2 is 2.00 bits per heavy atom. The van der Waals surface area contributed by atoms with Crippen LogP contribution in [0.5, 0.6) is 0 Å². The van der Waals surface area contributed by atoms with Crippen LogP contribution in [0, 0.1) is 0 Å². The Hall–Kier alpha value is -1.49. The summed E-state index contributed by atoms with van der Waals surface area (Å²) in [7, 11) is 0. The predicted octanol–water partition coefficient (Wildman–Crippen LogP) is 1.04. The molecule has 1 aromatic rings. The van der Waals surface area contributed by atoms with E-state index in [1.165, 1.54) is 4.90 Å². The van der Waals surface area contributed by atoms with Gasteiger partial charge in [0, 0.05) is 16.9 Å². The highest BCUT2D eigenvalue weighted by atomic mass is 32.2. The van der Waals surface area contributed by atoms with Gasteiger partial charge in [0.2, 0.25) is 5.96 Å². The van der Waals surface area contributed by atoms with Crippen molar-refractivity contribution in [3.63, 3.8) is 0 Å². The predicted molar refractivity (Wildman–Crippen MR) is 61.5 cm³/mol. The van der Waals surface area contributed by atoms with Gasteiger partial charge in [0.05, 0.1) is 0 Å². The van der Waals surface area contributed by atoms with Crippen molar-refractivity contribution < 1.29 is 0 Å². The third kappa shape index (κ3) is 4.51. The smallest absolute Gasteiger partial charge is 0.211 e. The molecule has 1 aromatic carbocycles. The molecule has 0 saturated heterocycles. The third-order valence-corrected chi connectivity index (χ3v) is 2.24. The van der Waals surface area contributed by atoms with Crippen molar-refractivity contribution in [1.29, 1.82) is 0 Å². The molecular weight excluding hydrogens is 196 g/mol. The molecule has 0 bridgehead atoms. The molecule has 0 fully saturated rings. The fraction of sp³-hybridized carbons (Fsp3) is 0.111. The molecule has 5 heteroatoms. The standard InChI is InChI=1S/C9H12N4S/c10-9(11)13-12-6-7-14-8-4-2-1-3-5-8/h1-6H,7H2,(H4,10,11,13)/b12-6-. The number of nitrogens with zero attached hydrogens (tertiary/aromatic N) is 2. The van der Waals surface area contributed by atoms with E-state index in [9.17, 15) is 0 Å². The molecule has 0 aliphatic rings. The van der Waals surface area contributed by atoms with Gasteiger partial charge >= 0.3 is 0 Å². The molecule has 0 saturated carbocycles. The molecule has 4 N–H and O–H groups in total. The maximum atomic E-state index is 5.09. The minimum absolute atomic E-state index is 0.0223. The van der Waals surface area contributed by atoms with Gasteiger partial charge in [-0.05, 0) is 12.1 Å². The van der Waals surface area contributed by atoms with Crippen LogP contribution in [0.2, 0.25) is 0 Å². The molecule has 0 radical (unpaired) electrons.